The van der Waals surface area contributed by atoms with Crippen LogP contribution in [0.4, 0.5) is 0 Å². The van der Waals surface area contributed by atoms with E-state index in [0.29, 0.717) is 5.88 Å². The summed E-state index contributed by atoms with van der Waals surface area (Å²) in [4.78, 5) is 19.5. The van der Waals surface area contributed by atoms with Gasteiger partial charge in [-0.2, -0.15) is 0 Å². The number of methoxy groups -OCH3 is 1. The highest BCUT2D eigenvalue weighted by atomic mass is 127. The monoisotopic (exact) mass is 446 g/mol. The van der Waals surface area contributed by atoms with Gasteiger partial charge in [-0.1, -0.05) is 71.1 Å². The van der Waals surface area contributed by atoms with Crippen molar-refractivity contribution in [1.82, 2.24) is 9.97 Å². The summed E-state index contributed by atoms with van der Waals surface area (Å²) in [5, 5.41) is 4.34. The molecule has 0 aliphatic carbocycles. The van der Waals surface area contributed by atoms with Crippen LogP contribution < -0.4 is 10.3 Å². The van der Waals surface area contributed by atoms with Crippen molar-refractivity contribution in [2.75, 3.05) is 12.0 Å². The zero-order valence-corrected chi connectivity index (χ0v) is 16.2. The molecular formula is C20H19IN2O2. The average molecular weight is 446 g/mol. The van der Waals surface area contributed by atoms with Gasteiger partial charge >= 0.3 is 0 Å². The van der Waals surface area contributed by atoms with Crippen LogP contribution in [0.1, 0.15) is 0 Å². The molecule has 0 saturated carbocycles. The summed E-state index contributed by atoms with van der Waals surface area (Å²) >= 11 is 2.15. The maximum absolute atomic E-state index is 10.8. The van der Waals surface area contributed by atoms with Crippen LogP contribution in [0.25, 0.3) is 21.5 Å². The molecule has 0 spiro atoms. The maximum Gasteiger partial charge on any atom is 0.248 e. The van der Waals surface area contributed by atoms with E-state index in [1.807, 2.05) is 65.7 Å². The van der Waals surface area contributed by atoms with Crippen LogP contribution in [0.2, 0.25) is 0 Å². The molecule has 0 aliphatic heterocycles. The number of nitrogens with one attached hydrogen (secondary N) is 1. The van der Waals surface area contributed by atoms with Crippen molar-refractivity contribution >= 4 is 44.1 Å². The third-order valence-corrected chi connectivity index (χ3v) is 3.47. The lowest BCUT2D eigenvalue weighted by atomic mass is 10.2. The minimum atomic E-state index is -0.0521. The van der Waals surface area contributed by atoms with Gasteiger partial charge in [-0.3, -0.25) is 4.79 Å². The fraction of sp³-hybridized carbons (Fsp3) is 0.100. The molecule has 5 heteroatoms. The number of aromatic nitrogens is 2. The van der Waals surface area contributed by atoms with E-state index in [1.54, 1.807) is 19.4 Å². The van der Waals surface area contributed by atoms with Gasteiger partial charge in [0.25, 0.3) is 0 Å². The molecule has 2 aromatic carbocycles. The van der Waals surface area contributed by atoms with Crippen molar-refractivity contribution in [2.45, 2.75) is 0 Å². The molecule has 2 heterocycles. The van der Waals surface area contributed by atoms with Gasteiger partial charge in [0.1, 0.15) is 0 Å². The lowest BCUT2D eigenvalue weighted by Gasteiger charge is -1.99. The van der Waals surface area contributed by atoms with Crippen molar-refractivity contribution in [3.63, 3.8) is 0 Å². The molecule has 0 saturated heterocycles. The SMILES string of the molecule is CI.COc1cc2ccccc2cn1.O=c1cc2ccccc2c[nH]1. The Morgan fingerprint density at radius 1 is 0.880 bits per heavy atom. The Balaban J connectivity index is 0.000000165. The van der Waals surface area contributed by atoms with Gasteiger partial charge in [-0.15, -0.1) is 0 Å². The van der Waals surface area contributed by atoms with Crippen LogP contribution in [0.3, 0.4) is 0 Å². The van der Waals surface area contributed by atoms with Crippen molar-refractivity contribution < 1.29 is 4.74 Å². The summed E-state index contributed by atoms with van der Waals surface area (Å²) in [6, 6.07) is 19.3. The van der Waals surface area contributed by atoms with Gasteiger partial charge in [0, 0.05) is 29.9 Å². The first-order valence-corrected chi connectivity index (χ1v) is 9.76. The Bertz CT molecular complexity index is 999. The highest BCUT2D eigenvalue weighted by Crippen LogP contribution is 2.16. The lowest BCUT2D eigenvalue weighted by molar-refractivity contribution is 0.399. The van der Waals surface area contributed by atoms with E-state index in [2.05, 4.69) is 32.6 Å². The van der Waals surface area contributed by atoms with Gasteiger partial charge < -0.3 is 9.72 Å². The quantitative estimate of drug-likeness (QED) is 0.337. The molecule has 2 aromatic heterocycles. The molecule has 0 bridgehead atoms. The second-order valence-corrected chi connectivity index (χ2v) is 5.00. The number of nitrogens with zero attached hydrogens (tertiary/aromatic N) is 1. The van der Waals surface area contributed by atoms with Crippen LogP contribution in [0.5, 0.6) is 5.88 Å². The number of hydrogen-bond acceptors (Lipinski definition) is 3. The number of rotatable bonds is 1. The molecule has 4 aromatic rings. The van der Waals surface area contributed by atoms with E-state index >= 15 is 0 Å². The number of H-pyrrole nitrogens is 1. The van der Waals surface area contributed by atoms with Crippen LogP contribution in [-0.4, -0.2) is 22.0 Å². The molecule has 4 nitrogen and oxygen atoms in total. The highest BCUT2D eigenvalue weighted by Gasteiger charge is 1.94. The standard InChI is InChI=1S/C10H9NO.C9H7NO.CH3I/c1-12-10-6-8-4-2-3-5-9(8)7-11-10;11-9-5-7-3-1-2-4-8(7)6-10-9;1-2/h2-7H,1H3;1-6H,(H,10,11);1H3. The number of ether oxygens (including phenoxy) is 1. The molecule has 4 rings (SSSR count). The highest BCUT2D eigenvalue weighted by molar-refractivity contribution is 14.1. The molecule has 128 valence electrons. The van der Waals surface area contributed by atoms with Crippen LogP contribution in [0.15, 0.2) is 77.9 Å². The number of benzene rings is 2. The maximum atomic E-state index is 10.8. The van der Waals surface area contributed by atoms with Gasteiger partial charge in [0.2, 0.25) is 11.4 Å². The molecule has 0 aliphatic rings. The Hall–Kier alpha value is -2.41. The van der Waals surface area contributed by atoms with Crippen molar-refractivity contribution in [3.05, 3.63) is 83.4 Å². The largest absolute Gasteiger partial charge is 0.481 e. The zero-order valence-electron chi connectivity index (χ0n) is 14.1. The normalized spacial score (nSPS) is 9.56. The van der Waals surface area contributed by atoms with Gasteiger partial charge in [0.15, 0.2) is 0 Å². The first-order chi connectivity index (χ1) is 12.3. The minimum absolute atomic E-state index is 0.0521. The van der Waals surface area contributed by atoms with Gasteiger partial charge in [-0.05, 0) is 21.1 Å². The fourth-order valence-corrected chi connectivity index (χ4v) is 2.28. The summed E-state index contributed by atoms with van der Waals surface area (Å²) in [7, 11) is 1.62. The second kappa shape index (κ2) is 9.78. The fourth-order valence-electron chi connectivity index (χ4n) is 2.28. The average Bonchev–Trinajstić information content (AvgIpc) is 2.69. The third kappa shape index (κ3) is 5.29. The predicted octanol–water partition coefficient (Wildman–Crippen LogP) is 4.82. The Morgan fingerprint density at radius 2 is 1.44 bits per heavy atom. The minimum Gasteiger partial charge on any atom is -0.481 e. The number of hydrogen-bond donors (Lipinski definition) is 1. The molecule has 0 fully saturated rings. The van der Waals surface area contributed by atoms with E-state index in [0.717, 1.165) is 21.5 Å². The molecule has 1 N–H and O–H groups in total. The molecule has 25 heavy (non-hydrogen) atoms. The number of aromatic amines is 1. The number of fused-ring (bicyclic) bond motifs is 2. The topological polar surface area (TPSA) is 55.0 Å². The van der Waals surface area contributed by atoms with Crippen molar-refractivity contribution in [1.29, 1.82) is 0 Å². The lowest BCUT2D eigenvalue weighted by Crippen LogP contribution is -2.00. The summed E-state index contributed by atoms with van der Waals surface area (Å²) in [5.74, 6) is 0.661. The van der Waals surface area contributed by atoms with E-state index < -0.39 is 0 Å². The Morgan fingerprint density at radius 3 is 2.08 bits per heavy atom. The van der Waals surface area contributed by atoms with Crippen LogP contribution >= 0.6 is 22.6 Å². The summed E-state index contributed by atoms with van der Waals surface area (Å²) in [6.07, 6.45) is 3.53. The summed E-state index contributed by atoms with van der Waals surface area (Å²) in [5.41, 5.74) is -0.0521. The van der Waals surface area contributed by atoms with E-state index in [-0.39, 0.29) is 5.56 Å². The van der Waals surface area contributed by atoms with E-state index in [1.165, 1.54) is 0 Å². The molecule has 0 unspecified atom stereocenters. The Labute approximate surface area is 160 Å². The van der Waals surface area contributed by atoms with E-state index in [9.17, 15) is 4.79 Å². The summed E-state index contributed by atoms with van der Waals surface area (Å²) in [6.45, 7) is 0. The van der Waals surface area contributed by atoms with Gasteiger partial charge in [-0.25, -0.2) is 4.98 Å². The predicted molar refractivity (Wildman–Crippen MR) is 113 cm³/mol. The third-order valence-electron chi connectivity index (χ3n) is 3.47. The Kier molecular flexibility index (Phi) is 7.40. The van der Waals surface area contributed by atoms with Crippen molar-refractivity contribution in [3.8, 4) is 5.88 Å². The number of halogens is 1. The first kappa shape index (κ1) is 18.9. The van der Waals surface area contributed by atoms with Gasteiger partial charge in [0.05, 0.1) is 7.11 Å². The summed E-state index contributed by atoms with van der Waals surface area (Å²) < 4.78 is 5.01. The zero-order chi connectivity index (χ0) is 18.1. The van der Waals surface area contributed by atoms with E-state index in [4.69, 9.17) is 4.74 Å². The number of alkyl halides is 1. The van der Waals surface area contributed by atoms with Crippen LogP contribution in [-0.2, 0) is 0 Å². The number of pyridine rings is 2. The molecule has 0 atom stereocenters. The van der Waals surface area contributed by atoms with Crippen LogP contribution in [0, 0.1) is 0 Å². The molecular weight excluding hydrogens is 427 g/mol. The first-order valence-electron chi connectivity index (χ1n) is 7.60. The van der Waals surface area contributed by atoms with Crippen molar-refractivity contribution in [2.24, 2.45) is 0 Å². The molecule has 0 amide bonds. The second-order valence-electron chi connectivity index (χ2n) is 5.00. The smallest absolute Gasteiger partial charge is 0.248 e. The molecule has 0 radical (unpaired) electrons.